The molecule has 36 heavy (non-hydrogen) atoms. The lowest BCUT2D eigenvalue weighted by molar-refractivity contribution is -0.164. The Morgan fingerprint density at radius 1 is 1.03 bits per heavy atom. The van der Waals surface area contributed by atoms with Crippen molar-refractivity contribution in [3.8, 4) is 17.6 Å². The van der Waals surface area contributed by atoms with Gasteiger partial charge in [-0.25, -0.2) is 4.79 Å². The number of halogens is 7. The molecule has 1 N–H and O–H groups in total. The van der Waals surface area contributed by atoms with E-state index in [1.54, 1.807) is 13.0 Å². The standard InChI is InChI=1S/C25H21BrF6O4/c1-4-36-23(3,22(33)34)17-7-8-21(20(26)14-17)35-10-9-15(2)5-6-16-11-18(24(27,28)29)13-19(12-16)25(30,31)32/h7-9,11-14H,4,10H2,1-3H3,(H,33,34). The molecule has 1 atom stereocenters. The Morgan fingerprint density at radius 3 is 2.08 bits per heavy atom. The van der Waals surface area contributed by atoms with Crippen molar-refractivity contribution in [2.75, 3.05) is 13.2 Å². The summed E-state index contributed by atoms with van der Waals surface area (Å²) in [5.74, 6) is 4.05. The first-order valence-electron chi connectivity index (χ1n) is 10.4. The summed E-state index contributed by atoms with van der Waals surface area (Å²) in [6, 6.07) is 5.76. The van der Waals surface area contributed by atoms with E-state index in [1.807, 2.05) is 0 Å². The largest absolute Gasteiger partial charge is 0.488 e. The predicted octanol–water partition coefficient (Wildman–Crippen LogP) is 7.20. The van der Waals surface area contributed by atoms with Crippen molar-refractivity contribution < 1.29 is 45.7 Å². The number of carbonyl (C=O) groups is 1. The first kappa shape index (κ1) is 29.3. The molecule has 4 nitrogen and oxygen atoms in total. The summed E-state index contributed by atoms with van der Waals surface area (Å²) in [7, 11) is 0. The van der Waals surface area contributed by atoms with E-state index >= 15 is 0 Å². The van der Waals surface area contributed by atoms with Crippen LogP contribution in [0.4, 0.5) is 26.3 Å². The van der Waals surface area contributed by atoms with Gasteiger partial charge in [-0.2, -0.15) is 26.3 Å². The van der Waals surface area contributed by atoms with E-state index in [2.05, 4.69) is 27.8 Å². The number of hydrogen-bond acceptors (Lipinski definition) is 3. The monoisotopic (exact) mass is 578 g/mol. The fraction of sp³-hybridized carbons (Fsp3) is 0.320. The van der Waals surface area contributed by atoms with E-state index in [0.717, 1.165) is 0 Å². The van der Waals surface area contributed by atoms with Gasteiger partial charge in [-0.1, -0.05) is 17.9 Å². The van der Waals surface area contributed by atoms with Crippen molar-refractivity contribution in [3.63, 3.8) is 0 Å². The third kappa shape index (κ3) is 7.51. The smallest absolute Gasteiger partial charge is 0.416 e. The minimum absolute atomic E-state index is 0.0174. The Hall–Kier alpha value is -2.97. The van der Waals surface area contributed by atoms with E-state index < -0.39 is 40.6 Å². The fourth-order valence-corrected chi connectivity index (χ4v) is 3.47. The molecule has 1 unspecified atom stereocenters. The predicted molar refractivity (Wildman–Crippen MR) is 123 cm³/mol. The second kappa shape index (κ2) is 11.4. The zero-order valence-electron chi connectivity index (χ0n) is 19.3. The highest BCUT2D eigenvalue weighted by Crippen LogP contribution is 2.36. The van der Waals surface area contributed by atoms with Crippen LogP contribution < -0.4 is 4.74 Å². The van der Waals surface area contributed by atoms with Gasteiger partial charge in [0.2, 0.25) is 0 Å². The molecule has 2 aromatic carbocycles. The zero-order chi connectivity index (χ0) is 27.3. The molecule has 0 fully saturated rings. The molecule has 0 saturated carbocycles. The van der Waals surface area contributed by atoms with Crippen LogP contribution in [0.3, 0.4) is 0 Å². The highest BCUT2D eigenvalue weighted by Gasteiger charge is 2.37. The van der Waals surface area contributed by atoms with Crippen LogP contribution >= 0.6 is 15.9 Å². The van der Waals surface area contributed by atoms with E-state index in [4.69, 9.17) is 9.47 Å². The molecule has 0 aliphatic heterocycles. The number of ether oxygens (including phenoxy) is 2. The van der Waals surface area contributed by atoms with Crippen molar-refractivity contribution in [2.45, 2.75) is 38.7 Å². The van der Waals surface area contributed by atoms with E-state index in [0.29, 0.717) is 33.5 Å². The summed E-state index contributed by atoms with van der Waals surface area (Å²) in [5.41, 5.74) is -4.14. The molecule has 0 aliphatic carbocycles. The normalized spacial score (nSPS) is 14.0. The number of carboxylic acid groups (broad SMARTS) is 1. The maximum Gasteiger partial charge on any atom is 0.416 e. The van der Waals surface area contributed by atoms with Gasteiger partial charge in [0.1, 0.15) is 12.4 Å². The van der Waals surface area contributed by atoms with Crippen LogP contribution in [0, 0.1) is 11.8 Å². The Kier molecular flexibility index (Phi) is 9.26. The lowest BCUT2D eigenvalue weighted by Gasteiger charge is -2.25. The van der Waals surface area contributed by atoms with Crippen LogP contribution in [0.2, 0.25) is 0 Å². The van der Waals surface area contributed by atoms with Gasteiger partial charge in [0.15, 0.2) is 5.60 Å². The molecule has 2 rings (SSSR count). The topological polar surface area (TPSA) is 55.8 Å². The molecule has 0 spiro atoms. The Labute approximate surface area is 212 Å². The highest BCUT2D eigenvalue weighted by atomic mass is 79.9. The van der Waals surface area contributed by atoms with Crippen molar-refractivity contribution in [3.05, 3.63) is 74.8 Å². The summed E-state index contributed by atoms with van der Waals surface area (Å²) in [5, 5.41) is 9.52. The summed E-state index contributed by atoms with van der Waals surface area (Å²) in [4.78, 5) is 11.7. The van der Waals surface area contributed by atoms with Gasteiger partial charge in [0.25, 0.3) is 0 Å². The molecule has 0 aliphatic rings. The minimum atomic E-state index is -4.95. The molecule has 2 aromatic rings. The van der Waals surface area contributed by atoms with Gasteiger partial charge in [0, 0.05) is 12.2 Å². The molecular formula is C25H21BrF6O4. The number of rotatable bonds is 7. The third-order valence-electron chi connectivity index (χ3n) is 4.94. The van der Waals surface area contributed by atoms with Crippen LogP contribution in [0.15, 0.2) is 52.5 Å². The Bertz CT molecular complexity index is 1180. The van der Waals surface area contributed by atoms with E-state index in [-0.39, 0.29) is 19.3 Å². The van der Waals surface area contributed by atoms with Crippen molar-refractivity contribution in [1.82, 2.24) is 0 Å². The lowest BCUT2D eigenvalue weighted by Crippen LogP contribution is -2.35. The molecule has 194 valence electrons. The molecule has 0 aromatic heterocycles. The minimum Gasteiger partial charge on any atom is -0.488 e. The molecule has 0 bridgehead atoms. The number of benzene rings is 2. The first-order chi connectivity index (χ1) is 16.6. The zero-order valence-corrected chi connectivity index (χ0v) is 20.9. The first-order valence-corrected chi connectivity index (χ1v) is 11.2. The number of alkyl halides is 6. The quantitative estimate of drug-likeness (QED) is 0.279. The van der Waals surface area contributed by atoms with E-state index in [1.165, 1.54) is 32.1 Å². The number of aliphatic carboxylic acids is 1. The van der Waals surface area contributed by atoms with Crippen LogP contribution in [0.25, 0.3) is 0 Å². The average molecular weight is 579 g/mol. The number of hydrogen-bond donors (Lipinski definition) is 1. The summed E-state index contributed by atoms with van der Waals surface area (Å²) < 4.78 is 89.3. The Balaban J connectivity index is 2.19. The van der Waals surface area contributed by atoms with Gasteiger partial charge < -0.3 is 14.6 Å². The second-order valence-corrected chi connectivity index (χ2v) is 8.51. The van der Waals surface area contributed by atoms with Crippen molar-refractivity contribution in [1.29, 1.82) is 0 Å². The van der Waals surface area contributed by atoms with Gasteiger partial charge in [0.05, 0.1) is 15.6 Å². The second-order valence-electron chi connectivity index (χ2n) is 7.66. The fourth-order valence-electron chi connectivity index (χ4n) is 2.98. The summed E-state index contributed by atoms with van der Waals surface area (Å²) >= 11 is 3.31. The third-order valence-corrected chi connectivity index (χ3v) is 5.56. The molecule has 0 radical (unpaired) electrons. The van der Waals surface area contributed by atoms with Gasteiger partial charge in [-0.15, -0.1) is 0 Å². The van der Waals surface area contributed by atoms with Crippen molar-refractivity contribution in [2.24, 2.45) is 0 Å². The maximum absolute atomic E-state index is 13.0. The van der Waals surface area contributed by atoms with Crippen LogP contribution in [-0.2, 0) is 27.5 Å². The molecular weight excluding hydrogens is 558 g/mol. The maximum atomic E-state index is 13.0. The van der Waals surface area contributed by atoms with E-state index in [9.17, 15) is 36.2 Å². The van der Waals surface area contributed by atoms with Crippen molar-refractivity contribution >= 4 is 21.9 Å². The molecule has 0 amide bonds. The highest BCUT2D eigenvalue weighted by molar-refractivity contribution is 9.10. The Morgan fingerprint density at radius 2 is 1.61 bits per heavy atom. The number of carboxylic acids is 1. The van der Waals surface area contributed by atoms with Gasteiger partial charge in [-0.3, -0.25) is 0 Å². The van der Waals surface area contributed by atoms with Crippen LogP contribution in [0.1, 0.15) is 43.0 Å². The number of allylic oxidation sites excluding steroid dienone is 1. The lowest BCUT2D eigenvalue weighted by atomic mass is 9.96. The summed E-state index contributed by atoms with van der Waals surface area (Å²) in [6.07, 6.45) is -8.42. The van der Waals surface area contributed by atoms with Crippen LogP contribution in [-0.4, -0.2) is 24.3 Å². The summed E-state index contributed by atoms with van der Waals surface area (Å²) in [6.45, 7) is 4.78. The van der Waals surface area contributed by atoms with Gasteiger partial charge in [-0.05, 0) is 84.2 Å². The molecule has 0 saturated heterocycles. The SMILES string of the molecule is CCOC(C)(C(=O)O)c1ccc(OCC=C(C)C#Cc2cc(C(F)(F)F)cc(C(F)(F)F)c2)c(Br)c1. The van der Waals surface area contributed by atoms with Gasteiger partial charge >= 0.3 is 18.3 Å². The van der Waals surface area contributed by atoms with Crippen LogP contribution in [0.5, 0.6) is 5.75 Å². The molecule has 0 heterocycles. The average Bonchev–Trinajstić information content (AvgIpc) is 2.77. The molecule has 11 heteroatoms.